The normalized spacial score (nSPS) is 46.3. The zero-order valence-corrected chi connectivity index (χ0v) is 15.6. The van der Waals surface area contributed by atoms with E-state index in [-0.39, 0.29) is 36.9 Å². The molecule has 2 aliphatic heterocycles. The summed E-state index contributed by atoms with van der Waals surface area (Å²) >= 11 is 0. The van der Waals surface area contributed by atoms with Crippen LogP contribution in [0.3, 0.4) is 0 Å². The van der Waals surface area contributed by atoms with Gasteiger partial charge in [0.1, 0.15) is 0 Å². The van der Waals surface area contributed by atoms with Gasteiger partial charge in [-0.15, -0.1) is 0 Å². The molecule has 0 radical (unpaired) electrons. The summed E-state index contributed by atoms with van der Waals surface area (Å²) in [4.78, 5) is 12.3. The van der Waals surface area contributed by atoms with Crippen LogP contribution in [-0.4, -0.2) is 53.0 Å². The van der Waals surface area contributed by atoms with Gasteiger partial charge in [-0.1, -0.05) is 34.6 Å². The van der Waals surface area contributed by atoms with Gasteiger partial charge in [0.2, 0.25) is 0 Å². The Kier molecular flexibility index (Phi) is 5.95. The van der Waals surface area contributed by atoms with Crippen molar-refractivity contribution in [3.05, 3.63) is 0 Å². The molecular formula is C18H32O6. The zero-order valence-electron chi connectivity index (χ0n) is 15.6. The van der Waals surface area contributed by atoms with Crippen LogP contribution in [0.25, 0.3) is 0 Å². The molecule has 2 N–H and O–H groups in total. The number of carbonyl (C=O) groups excluding carboxylic acids is 1. The number of hydrogen-bond acceptors (Lipinski definition) is 6. The molecule has 0 amide bonds. The minimum atomic E-state index is -1.18. The molecule has 0 aliphatic carbocycles. The van der Waals surface area contributed by atoms with Gasteiger partial charge in [-0.05, 0) is 12.8 Å². The highest BCUT2D eigenvalue weighted by Gasteiger charge is 2.58. The number of aliphatic hydroxyl groups is 2. The van der Waals surface area contributed by atoms with Crippen molar-refractivity contribution >= 4 is 5.97 Å². The second-order valence-electron chi connectivity index (χ2n) is 7.70. The molecule has 6 heteroatoms. The maximum Gasteiger partial charge on any atom is 0.335 e. The van der Waals surface area contributed by atoms with Crippen molar-refractivity contribution in [1.82, 2.24) is 0 Å². The SMILES string of the molecule is CCOC(=O)[C@H]1O[C@@]2(C[C@@H](O)[C@H](C)[C@@H](C(C)C)O2)[C@@H](C)[C@H](O)[C@@H]1C. The highest BCUT2D eigenvalue weighted by Crippen LogP contribution is 2.47. The monoisotopic (exact) mass is 344 g/mol. The van der Waals surface area contributed by atoms with Gasteiger partial charge in [-0.3, -0.25) is 0 Å². The van der Waals surface area contributed by atoms with Gasteiger partial charge in [0.25, 0.3) is 0 Å². The molecule has 0 aromatic rings. The molecule has 0 unspecified atom stereocenters. The average molecular weight is 344 g/mol. The fourth-order valence-corrected chi connectivity index (χ4v) is 4.01. The van der Waals surface area contributed by atoms with Crippen LogP contribution in [0.4, 0.5) is 0 Å². The fourth-order valence-electron chi connectivity index (χ4n) is 4.01. The molecule has 0 saturated carbocycles. The number of carbonyl (C=O) groups is 1. The van der Waals surface area contributed by atoms with Crippen molar-refractivity contribution in [2.45, 2.75) is 78.2 Å². The minimum Gasteiger partial charge on any atom is -0.464 e. The molecule has 2 heterocycles. The first kappa shape index (κ1) is 19.6. The van der Waals surface area contributed by atoms with E-state index in [9.17, 15) is 15.0 Å². The van der Waals surface area contributed by atoms with Crippen LogP contribution in [0.1, 0.15) is 48.0 Å². The molecule has 6 nitrogen and oxygen atoms in total. The topological polar surface area (TPSA) is 85.2 Å². The van der Waals surface area contributed by atoms with E-state index < -0.39 is 36.0 Å². The van der Waals surface area contributed by atoms with Crippen LogP contribution < -0.4 is 0 Å². The molecule has 0 bridgehead atoms. The van der Waals surface area contributed by atoms with Gasteiger partial charge in [-0.2, -0.15) is 0 Å². The van der Waals surface area contributed by atoms with Gasteiger partial charge >= 0.3 is 5.97 Å². The van der Waals surface area contributed by atoms with Gasteiger partial charge < -0.3 is 24.4 Å². The third-order valence-electron chi connectivity index (χ3n) is 5.68. The second-order valence-corrected chi connectivity index (χ2v) is 7.70. The Bertz CT molecular complexity index is 453. The summed E-state index contributed by atoms with van der Waals surface area (Å²) < 4.78 is 17.5. The lowest BCUT2D eigenvalue weighted by atomic mass is 9.74. The summed E-state index contributed by atoms with van der Waals surface area (Å²) in [6.07, 6.45) is -2.26. The Balaban J connectivity index is 2.33. The molecule has 24 heavy (non-hydrogen) atoms. The van der Waals surface area contributed by atoms with E-state index in [4.69, 9.17) is 14.2 Å². The third kappa shape index (κ3) is 3.34. The molecule has 1 spiro atoms. The second kappa shape index (κ2) is 7.28. The lowest BCUT2D eigenvalue weighted by molar-refractivity contribution is -0.380. The minimum absolute atomic E-state index is 0.0380. The standard InChI is InChI=1S/C18H32O6/c1-7-22-17(21)16-11(5)14(20)12(6)18(24-16)8-13(19)10(4)15(23-18)9(2)3/h9-16,19-20H,7-8H2,1-6H3/t10-,11-,12-,13+,14+,15+,16-,18-/m0/s1. The van der Waals surface area contributed by atoms with E-state index in [1.165, 1.54) is 0 Å². The van der Waals surface area contributed by atoms with Gasteiger partial charge in [0, 0.05) is 24.2 Å². The van der Waals surface area contributed by atoms with E-state index in [1.807, 2.05) is 27.7 Å². The van der Waals surface area contributed by atoms with Crippen molar-refractivity contribution in [2.24, 2.45) is 23.7 Å². The van der Waals surface area contributed by atoms with Crippen LogP contribution in [-0.2, 0) is 19.0 Å². The Labute approximate surface area is 144 Å². The summed E-state index contributed by atoms with van der Waals surface area (Å²) in [7, 11) is 0. The smallest absolute Gasteiger partial charge is 0.335 e. The largest absolute Gasteiger partial charge is 0.464 e. The predicted octanol–water partition coefficient (Wildman–Crippen LogP) is 1.72. The first-order valence-corrected chi connectivity index (χ1v) is 9.03. The lowest BCUT2D eigenvalue weighted by Gasteiger charge is -2.55. The highest BCUT2D eigenvalue weighted by atomic mass is 16.7. The van der Waals surface area contributed by atoms with E-state index in [0.29, 0.717) is 0 Å². The molecule has 2 aliphatic rings. The molecule has 0 aromatic heterocycles. The van der Waals surface area contributed by atoms with Crippen LogP contribution >= 0.6 is 0 Å². The Morgan fingerprint density at radius 2 is 1.83 bits per heavy atom. The summed E-state index contributed by atoms with van der Waals surface area (Å²) in [5, 5.41) is 21.2. The van der Waals surface area contributed by atoms with E-state index in [1.54, 1.807) is 13.8 Å². The van der Waals surface area contributed by atoms with Crippen molar-refractivity contribution in [3.63, 3.8) is 0 Å². The summed E-state index contributed by atoms with van der Waals surface area (Å²) in [6.45, 7) is 11.6. The lowest BCUT2D eigenvalue weighted by Crippen LogP contribution is -2.65. The Morgan fingerprint density at radius 1 is 1.21 bits per heavy atom. The number of rotatable bonds is 3. The predicted molar refractivity (Wildman–Crippen MR) is 88.1 cm³/mol. The van der Waals surface area contributed by atoms with Gasteiger partial charge in [0.15, 0.2) is 11.9 Å². The number of ether oxygens (including phenoxy) is 3. The molecule has 2 fully saturated rings. The number of esters is 1. The van der Waals surface area contributed by atoms with Gasteiger partial charge in [-0.25, -0.2) is 4.79 Å². The zero-order chi connectivity index (χ0) is 18.2. The number of hydrogen-bond donors (Lipinski definition) is 2. The Morgan fingerprint density at radius 3 is 2.38 bits per heavy atom. The van der Waals surface area contributed by atoms with Crippen molar-refractivity contribution in [3.8, 4) is 0 Å². The molecule has 0 aromatic carbocycles. The summed E-state index contributed by atoms with van der Waals surface area (Å²) in [5.74, 6) is -2.29. The molecule has 8 atom stereocenters. The van der Waals surface area contributed by atoms with Crippen LogP contribution in [0, 0.1) is 23.7 Å². The van der Waals surface area contributed by atoms with Gasteiger partial charge in [0.05, 0.1) is 24.9 Å². The number of aliphatic hydroxyl groups excluding tert-OH is 2. The van der Waals surface area contributed by atoms with E-state index >= 15 is 0 Å². The van der Waals surface area contributed by atoms with E-state index in [2.05, 4.69) is 0 Å². The first-order chi connectivity index (χ1) is 11.1. The van der Waals surface area contributed by atoms with Crippen molar-refractivity contribution in [2.75, 3.05) is 6.61 Å². The summed E-state index contributed by atoms with van der Waals surface area (Å²) in [6, 6.07) is 0. The summed E-state index contributed by atoms with van der Waals surface area (Å²) in [5.41, 5.74) is 0. The van der Waals surface area contributed by atoms with E-state index in [0.717, 1.165) is 0 Å². The van der Waals surface area contributed by atoms with Crippen LogP contribution in [0.2, 0.25) is 0 Å². The third-order valence-corrected chi connectivity index (χ3v) is 5.68. The van der Waals surface area contributed by atoms with Crippen LogP contribution in [0.15, 0.2) is 0 Å². The quantitative estimate of drug-likeness (QED) is 0.758. The molecule has 2 rings (SSSR count). The molecule has 2 saturated heterocycles. The molecule has 140 valence electrons. The Hall–Kier alpha value is -0.690. The van der Waals surface area contributed by atoms with Crippen LogP contribution in [0.5, 0.6) is 0 Å². The molecular weight excluding hydrogens is 312 g/mol. The highest BCUT2D eigenvalue weighted by molar-refractivity contribution is 5.75. The fraction of sp³-hybridized carbons (Fsp3) is 0.944. The van der Waals surface area contributed by atoms with Crippen molar-refractivity contribution < 1.29 is 29.2 Å². The first-order valence-electron chi connectivity index (χ1n) is 9.03. The average Bonchev–Trinajstić information content (AvgIpc) is 2.52. The maximum absolute atomic E-state index is 12.3. The van der Waals surface area contributed by atoms with Crippen molar-refractivity contribution in [1.29, 1.82) is 0 Å². The maximum atomic E-state index is 12.3.